The first kappa shape index (κ1) is 15.8. The number of aromatic amines is 1. The highest BCUT2D eigenvalue weighted by atomic mass is 16.2. The van der Waals surface area contributed by atoms with Gasteiger partial charge in [-0.2, -0.15) is 0 Å². The molecule has 0 bridgehead atoms. The highest BCUT2D eigenvalue weighted by Crippen LogP contribution is 2.13. The van der Waals surface area contributed by atoms with E-state index in [0.717, 1.165) is 44.6 Å². The zero-order chi connectivity index (χ0) is 15.2. The fourth-order valence-electron chi connectivity index (χ4n) is 2.85. The molecule has 0 saturated carbocycles. The number of aromatic nitrogens is 1. The smallest absolute Gasteiger partial charge is 0.259 e. The highest BCUT2D eigenvalue weighted by Gasteiger charge is 2.22. The molecule has 1 amide bonds. The number of pyridine rings is 1. The molecule has 0 aromatic carbocycles. The summed E-state index contributed by atoms with van der Waals surface area (Å²) in [5.74, 6) is 0.336. The Morgan fingerprint density at radius 1 is 1.48 bits per heavy atom. The number of hydrogen-bond donors (Lipinski definition) is 2. The second-order valence-electron chi connectivity index (χ2n) is 5.86. The van der Waals surface area contributed by atoms with Gasteiger partial charge in [0, 0.05) is 31.0 Å². The van der Waals surface area contributed by atoms with Crippen LogP contribution in [-0.2, 0) is 0 Å². The number of amides is 1. The molecule has 2 rings (SSSR count). The van der Waals surface area contributed by atoms with E-state index in [0.29, 0.717) is 12.5 Å². The molecule has 21 heavy (non-hydrogen) atoms. The lowest BCUT2D eigenvalue weighted by atomic mass is 9.98. The van der Waals surface area contributed by atoms with Crippen LogP contribution in [0.5, 0.6) is 0 Å². The maximum absolute atomic E-state index is 12.6. The minimum atomic E-state index is -0.195. The van der Waals surface area contributed by atoms with E-state index in [9.17, 15) is 9.59 Å². The van der Waals surface area contributed by atoms with Crippen LogP contribution in [0.25, 0.3) is 0 Å². The average Bonchev–Trinajstić information content (AvgIpc) is 2.47. The molecule has 1 atom stereocenters. The topological polar surface area (TPSA) is 65.2 Å². The van der Waals surface area contributed by atoms with Crippen LogP contribution < -0.4 is 10.7 Å². The van der Waals surface area contributed by atoms with E-state index in [2.05, 4.69) is 17.2 Å². The van der Waals surface area contributed by atoms with Crippen molar-refractivity contribution in [1.82, 2.24) is 15.2 Å². The molecule has 1 unspecified atom stereocenters. The summed E-state index contributed by atoms with van der Waals surface area (Å²) in [4.78, 5) is 29.4. The molecule has 1 aliphatic heterocycles. The van der Waals surface area contributed by atoms with Crippen molar-refractivity contribution in [2.24, 2.45) is 5.92 Å². The van der Waals surface area contributed by atoms with Gasteiger partial charge in [-0.15, -0.1) is 0 Å². The minimum Gasteiger partial charge on any atom is -0.364 e. The van der Waals surface area contributed by atoms with Crippen molar-refractivity contribution in [1.29, 1.82) is 0 Å². The molecule has 0 radical (unpaired) electrons. The summed E-state index contributed by atoms with van der Waals surface area (Å²) in [6.07, 6.45) is 4.74. The summed E-state index contributed by atoms with van der Waals surface area (Å²) in [7, 11) is 0. The van der Waals surface area contributed by atoms with Gasteiger partial charge in [0.1, 0.15) is 5.56 Å². The number of carbonyl (C=O) groups is 1. The highest BCUT2D eigenvalue weighted by molar-refractivity contribution is 5.93. The molecule has 1 saturated heterocycles. The van der Waals surface area contributed by atoms with Gasteiger partial charge >= 0.3 is 0 Å². The van der Waals surface area contributed by atoms with Crippen LogP contribution in [0.3, 0.4) is 0 Å². The van der Waals surface area contributed by atoms with E-state index in [-0.39, 0.29) is 16.9 Å². The second kappa shape index (κ2) is 7.41. The first-order chi connectivity index (χ1) is 10.1. The quantitative estimate of drug-likeness (QED) is 0.865. The first-order valence-electron chi connectivity index (χ1n) is 7.81. The number of carbonyl (C=O) groups excluding carboxylic acids is 1. The van der Waals surface area contributed by atoms with Crippen molar-refractivity contribution in [3.63, 3.8) is 0 Å². The van der Waals surface area contributed by atoms with E-state index >= 15 is 0 Å². The fourth-order valence-corrected chi connectivity index (χ4v) is 2.85. The molecule has 1 aliphatic rings. The number of H-pyrrole nitrogens is 1. The largest absolute Gasteiger partial charge is 0.364 e. The number of nitrogens with one attached hydrogen (secondary N) is 2. The minimum absolute atomic E-state index is 0.149. The van der Waals surface area contributed by atoms with E-state index in [1.54, 1.807) is 6.20 Å². The Kier molecular flexibility index (Phi) is 5.56. The lowest BCUT2D eigenvalue weighted by molar-refractivity contribution is 0.0717. The van der Waals surface area contributed by atoms with Crippen LogP contribution in [0.2, 0.25) is 0 Å². The lowest BCUT2D eigenvalue weighted by Gasteiger charge is -2.30. The third kappa shape index (κ3) is 4.17. The van der Waals surface area contributed by atoms with Crippen LogP contribution in [0.4, 0.5) is 0 Å². The van der Waals surface area contributed by atoms with Gasteiger partial charge in [-0.05, 0) is 45.2 Å². The Morgan fingerprint density at radius 2 is 2.29 bits per heavy atom. The number of rotatable bonds is 5. The molecule has 1 fully saturated rings. The summed E-state index contributed by atoms with van der Waals surface area (Å²) in [6.45, 7) is 7.31. The lowest BCUT2D eigenvalue weighted by Crippen LogP contribution is -2.42. The zero-order valence-electron chi connectivity index (χ0n) is 12.9. The van der Waals surface area contributed by atoms with E-state index in [4.69, 9.17) is 0 Å². The summed E-state index contributed by atoms with van der Waals surface area (Å²) in [6, 6.07) is 1.49. The van der Waals surface area contributed by atoms with Crippen molar-refractivity contribution in [2.45, 2.75) is 33.1 Å². The summed E-state index contributed by atoms with van der Waals surface area (Å²) < 4.78 is 0. The first-order valence-corrected chi connectivity index (χ1v) is 7.81. The Bertz CT molecular complexity index is 533. The Labute approximate surface area is 125 Å². The van der Waals surface area contributed by atoms with Crippen molar-refractivity contribution in [3.8, 4) is 0 Å². The molecular weight excluding hydrogens is 266 g/mol. The molecule has 5 heteroatoms. The van der Waals surface area contributed by atoms with Gasteiger partial charge in [-0.1, -0.05) is 6.92 Å². The molecule has 1 aromatic heterocycles. The molecular formula is C16H25N3O2. The Hall–Kier alpha value is -1.62. The molecule has 0 spiro atoms. The zero-order valence-corrected chi connectivity index (χ0v) is 12.9. The predicted octanol–water partition coefficient (Wildman–Crippen LogP) is 1.54. The van der Waals surface area contributed by atoms with Crippen molar-refractivity contribution >= 4 is 5.91 Å². The van der Waals surface area contributed by atoms with Gasteiger partial charge in [-0.25, -0.2) is 0 Å². The average molecular weight is 291 g/mol. The third-order valence-corrected chi connectivity index (χ3v) is 3.95. The molecule has 2 N–H and O–H groups in total. The molecule has 5 nitrogen and oxygen atoms in total. The van der Waals surface area contributed by atoms with Crippen molar-refractivity contribution in [3.05, 3.63) is 33.7 Å². The van der Waals surface area contributed by atoms with Gasteiger partial charge in [0.2, 0.25) is 0 Å². The van der Waals surface area contributed by atoms with Gasteiger partial charge in [-0.3, -0.25) is 9.59 Å². The summed E-state index contributed by atoms with van der Waals surface area (Å²) in [5, 5.41) is 3.37. The molecule has 116 valence electrons. The number of nitrogens with zero attached hydrogens (tertiary/aromatic N) is 1. The van der Waals surface area contributed by atoms with E-state index in [1.165, 1.54) is 6.07 Å². The van der Waals surface area contributed by atoms with Gasteiger partial charge in [0.25, 0.3) is 5.91 Å². The van der Waals surface area contributed by atoms with Crippen LogP contribution in [0.1, 0.15) is 42.2 Å². The van der Waals surface area contributed by atoms with Crippen LogP contribution in [0.15, 0.2) is 17.1 Å². The van der Waals surface area contributed by atoms with Crippen LogP contribution in [0, 0.1) is 12.8 Å². The summed E-state index contributed by atoms with van der Waals surface area (Å²) >= 11 is 0. The Morgan fingerprint density at radius 3 is 2.90 bits per heavy atom. The van der Waals surface area contributed by atoms with Gasteiger partial charge in [0.05, 0.1) is 0 Å². The van der Waals surface area contributed by atoms with Crippen molar-refractivity contribution in [2.75, 3.05) is 26.2 Å². The number of aryl methyl sites for hydroxylation is 1. The third-order valence-electron chi connectivity index (χ3n) is 3.95. The normalized spacial score (nSPS) is 18.5. The maximum Gasteiger partial charge on any atom is 0.259 e. The monoisotopic (exact) mass is 291 g/mol. The second-order valence-corrected chi connectivity index (χ2v) is 5.86. The summed E-state index contributed by atoms with van der Waals surface area (Å²) in [5.41, 5.74) is 0.826. The van der Waals surface area contributed by atoms with Crippen molar-refractivity contribution < 1.29 is 4.79 Å². The van der Waals surface area contributed by atoms with E-state index in [1.807, 2.05) is 11.8 Å². The number of piperidine rings is 1. The van der Waals surface area contributed by atoms with E-state index < -0.39 is 0 Å². The Balaban J connectivity index is 2.12. The maximum atomic E-state index is 12.6. The van der Waals surface area contributed by atoms with Gasteiger partial charge in [0.15, 0.2) is 5.43 Å². The number of hydrogen-bond acceptors (Lipinski definition) is 3. The van der Waals surface area contributed by atoms with Crippen LogP contribution >= 0.6 is 0 Å². The van der Waals surface area contributed by atoms with Crippen LogP contribution in [-0.4, -0.2) is 42.0 Å². The molecule has 2 heterocycles. The fraction of sp³-hybridized carbons (Fsp3) is 0.625. The molecule has 0 aliphatic carbocycles. The molecule has 1 aromatic rings. The SMILES string of the molecule is CCCN(CC1CCCNC1)C(=O)c1c[nH]c(C)cc1=O. The van der Waals surface area contributed by atoms with Gasteiger partial charge < -0.3 is 15.2 Å². The predicted molar refractivity (Wildman–Crippen MR) is 83.6 cm³/mol. The standard InChI is InChI=1S/C16H25N3O2/c1-3-7-19(11-13-5-4-6-17-9-13)16(21)14-10-18-12(2)8-15(14)20/h8,10,13,17H,3-7,9,11H2,1-2H3,(H,18,20).